The minimum absolute atomic E-state index is 0.0245. The van der Waals surface area contributed by atoms with Crippen LogP contribution in [0.5, 0.6) is 0 Å². The molecular weight excluding hydrogens is 325 g/mol. The first-order valence-electron chi connectivity index (χ1n) is 7.36. The van der Waals surface area contributed by atoms with Gasteiger partial charge in [-0.2, -0.15) is 0 Å². The number of halogens is 1. The standard InChI is InChI=1S/C18H10FN3O3/c19-10-3-5-11(6-4-10)21-12-8-14(23)16-17(18(12)24)20-9-13(22-16)15-2-1-7-25-15/h1-9,21H. The van der Waals surface area contributed by atoms with Gasteiger partial charge in [-0.1, -0.05) is 0 Å². The van der Waals surface area contributed by atoms with E-state index in [-0.39, 0.29) is 17.1 Å². The molecule has 2 heterocycles. The Hall–Kier alpha value is -3.61. The van der Waals surface area contributed by atoms with E-state index in [1.807, 2.05) is 0 Å². The molecular formula is C18H10FN3O3. The van der Waals surface area contributed by atoms with E-state index in [9.17, 15) is 14.0 Å². The Morgan fingerprint density at radius 1 is 1.04 bits per heavy atom. The molecule has 2 aromatic heterocycles. The van der Waals surface area contributed by atoms with Crippen molar-refractivity contribution in [3.8, 4) is 11.5 Å². The summed E-state index contributed by atoms with van der Waals surface area (Å²) < 4.78 is 18.2. The number of nitrogens with one attached hydrogen (secondary N) is 1. The number of allylic oxidation sites excluding steroid dienone is 2. The molecule has 0 saturated carbocycles. The van der Waals surface area contributed by atoms with E-state index < -0.39 is 17.4 Å². The zero-order chi connectivity index (χ0) is 17.4. The summed E-state index contributed by atoms with van der Waals surface area (Å²) in [6, 6.07) is 8.81. The Morgan fingerprint density at radius 2 is 1.84 bits per heavy atom. The number of fused-ring (bicyclic) bond motifs is 1. The fourth-order valence-corrected chi connectivity index (χ4v) is 2.44. The highest BCUT2D eigenvalue weighted by Gasteiger charge is 2.29. The summed E-state index contributed by atoms with van der Waals surface area (Å²) >= 11 is 0. The van der Waals surface area contributed by atoms with Crippen molar-refractivity contribution in [3.63, 3.8) is 0 Å². The van der Waals surface area contributed by atoms with Crippen molar-refractivity contribution < 1.29 is 18.4 Å². The lowest BCUT2D eigenvalue weighted by Crippen LogP contribution is -2.24. The number of Topliss-reactive ketones (excluding diaryl/α,β-unsaturated/α-hetero) is 1. The third kappa shape index (κ3) is 2.72. The molecule has 0 aliphatic heterocycles. The van der Waals surface area contributed by atoms with E-state index in [1.165, 1.54) is 36.7 Å². The number of benzene rings is 1. The summed E-state index contributed by atoms with van der Waals surface area (Å²) in [5.41, 5.74) is 0.853. The van der Waals surface area contributed by atoms with Crippen LogP contribution in [0.3, 0.4) is 0 Å². The molecule has 7 heteroatoms. The number of rotatable bonds is 3. The average Bonchev–Trinajstić information content (AvgIpc) is 3.15. The summed E-state index contributed by atoms with van der Waals surface area (Å²) in [6.45, 7) is 0. The van der Waals surface area contributed by atoms with Crippen LogP contribution in [0.4, 0.5) is 10.1 Å². The lowest BCUT2D eigenvalue weighted by Gasteiger charge is -2.15. The molecule has 0 bridgehead atoms. The molecule has 1 aromatic carbocycles. The fraction of sp³-hybridized carbons (Fsp3) is 0. The molecule has 6 nitrogen and oxygen atoms in total. The predicted molar refractivity (Wildman–Crippen MR) is 86.5 cm³/mol. The Morgan fingerprint density at radius 3 is 2.56 bits per heavy atom. The molecule has 4 rings (SSSR count). The minimum Gasteiger partial charge on any atom is -0.463 e. The number of anilines is 1. The van der Waals surface area contributed by atoms with E-state index in [0.29, 0.717) is 17.1 Å². The SMILES string of the molecule is O=C1C=C(Nc2ccc(F)cc2)C(=O)c2ncc(-c3ccco3)nc21. The van der Waals surface area contributed by atoms with Crippen molar-refractivity contribution >= 4 is 17.3 Å². The zero-order valence-electron chi connectivity index (χ0n) is 12.7. The molecule has 25 heavy (non-hydrogen) atoms. The molecule has 0 saturated heterocycles. The van der Waals surface area contributed by atoms with Crippen LogP contribution in [0.2, 0.25) is 0 Å². The summed E-state index contributed by atoms with van der Waals surface area (Å²) in [4.78, 5) is 33.2. The Kier molecular flexibility index (Phi) is 3.46. The van der Waals surface area contributed by atoms with Gasteiger partial charge in [0, 0.05) is 11.8 Å². The molecule has 1 aliphatic carbocycles. The van der Waals surface area contributed by atoms with Gasteiger partial charge in [0.05, 0.1) is 18.2 Å². The van der Waals surface area contributed by atoms with Gasteiger partial charge in [0.25, 0.3) is 0 Å². The van der Waals surface area contributed by atoms with Crippen molar-refractivity contribution in [2.75, 3.05) is 5.32 Å². The number of furan rings is 1. The maximum atomic E-state index is 13.0. The summed E-state index contributed by atoms with van der Waals surface area (Å²) in [5, 5.41) is 2.81. The molecule has 0 unspecified atom stereocenters. The number of nitrogens with zero attached hydrogens (tertiary/aromatic N) is 2. The van der Waals surface area contributed by atoms with Crippen LogP contribution in [0, 0.1) is 5.82 Å². The van der Waals surface area contributed by atoms with Crippen LogP contribution in [0.1, 0.15) is 21.0 Å². The second kappa shape index (κ2) is 5.79. The Labute approximate surface area is 141 Å². The van der Waals surface area contributed by atoms with Crippen LogP contribution in [-0.4, -0.2) is 21.5 Å². The van der Waals surface area contributed by atoms with Gasteiger partial charge in [-0.3, -0.25) is 9.59 Å². The fourth-order valence-electron chi connectivity index (χ4n) is 2.44. The summed E-state index contributed by atoms with van der Waals surface area (Å²) in [7, 11) is 0. The lowest BCUT2D eigenvalue weighted by molar-refractivity contribution is 0.0978. The van der Waals surface area contributed by atoms with Gasteiger partial charge in [-0.05, 0) is 36.4 Å². The van der Waals surface area contributed by atoms with Crippen molar-refractivity contribution in [1.29, 1.82) is 0 Å². The first kappa shape index (κ1) is 14.9. The van der Waals surface area contributed by atoms with Gasteiger partial charge >= 0.3 is 0 Å². The predicted octanol–water partition coefficient (Wildman–Crippen LogP) is 3.25. The Balaban J connectivity index is 1.68. The van der Waals surface area contributed by atoms with E-state index >= 15 is 0 Å². The van der Waals surface area contributed by atoms with Crippen molar-refractivity contribution in [2.24, 2.45) is 0 Å². The molecule has 0 amide bonds. The molecule has 3 aromatic rings. The molecule has 122 valence electrons. The van der Waals surface area contributed by atoms with Crippen LogP contribution in [-0.2, 0) is 0 Å². The number of carbonyl (C=O) groups excluding carboxylic acids is 2. The number of hydrogen-bond donors (Lipinski definition) is 1. The summed E-state index contributed by atoms with van der Waals surface area (Å²) in [6.07, 6.45) is 4.02. The molecule has 1 N–H and O–H groups in total. The van der Waals surface area contributed by atoms with E-state index in [4.69, 9.17) is 4.42 Å². The smallest absolute Gasteiger partial charge is 0.229 e. The maximum absolute atomic E-state index is 13.0. The van der Waals surface area contributed by atoms with Gasteiger partial charge in [-0.25, -0.2) is 14.4 Å². The van der Waals surface area contributed by atoms with Crippen molar-refractivity contribution in [3.05, 3.63) is 77.8 Å². The van der Waals surface area contributed by atoms with Crippen molar-refractivity contribution in [1.82, 2.24) is 9.97 Å². The second-order valence-electron chi connectivity index (χ2n) is 5.31. The van der Waals surface area contributed by atoms with Crippen LogP contribution < -0.4 is 5.32 Å². The highest BCUT2D eigenvalue weighted by Crippen LogP contribution is 2.24. The van der Waals surface area contributed by atoms with Crippen LogP contribution in [0.25, 0.3) is 11.5 Å². The maximum Gasteiger partial charge on any atom is 0.229 e. The number of carbonyl (C=O) groups is 2. The number of aromatic nitrogens is 2. The first-order chi connectivity index (χ1) is 12.1. The van der Waals surface area contributed by atoms with Crippen LogP contribution >= 0.6 is 0 Å². The van der Waals surface area contributed by atoms with Gasteiger partial charge < -0.3 is 9.73 Å². The highest BCUT2D eigenvalue weighted by molar-refractivity contribution is 6.23. The molecule has 0 atom stereocenters. The third-order valence-electron chi connectivity index (χ3n) is 3.64. The quantitative estimate of drug-likeness (QED) is 0.791. The number of hydrogen-bond acceptors (Lipinski definition) is 6. The van der Waals surface area contributed by atoms with Gasteiger partial charge in [0.2, 0.25) is 11.6 Å². The van der Waals surface area contributed by atoms with E-state index in [1.54, 1.807) is 12.1 Å². The van der Waals surface area contributed by atoms with E-state index in [2.05, 4.69) is 15.3 Å². The molecule has 0 fully saturated rings. The zero-order valence-corrected chi connectivity index (χ0v) is 12.7. The molecule has 0 radical (unpaired) electrons. The normalized spacial score (nSPS) is 13.4. The van der Waals surface area contributed by atoms with Crippen LogP contribution in [0.15, 0.2) is 65.0 Å². The van der Waals surface area contributed by atoms with E-state index in [0.717, 1.165) is 6.08 Å². The number of ketones is 2. The second-order valence-corrected chi connectivity index (χ2v) is 5.31. The van der Waals surface area contributed by atoms with Gasteiger partial charge in [0.15, 0.2) is 5.76 Å². The van der Waals surface area contributed by atoms with Gasteiger partial charge in [0.1, 0.15) is 22.9 Å². The third-order valence-corrected chi connectivity index (χ3v) is 3.64. The van der Waals surface area contributed by atoms with Crippen molar-refractivity contribution in [2.45, 2.75) is 0 Å². The molecule has 0 spiro atoms. The van der Waals surface area contributed by atoms with Gasteiger partial charge in [-0.15, -0.1) is 0 Å². The molecule has 1 aliphatic rings. The first-order valence-corrected chi connectivity index (χ1v) is 7.36. The largest absolute Gasteiger partial charge is 0.463 e. The minimum atomic E-state index is -0.461. The summed E-state index contributed by atoms with van der Waals surface area (Å²) in [5.74, 6) is -0.848. The highest BCUT2D eigenvalue weighted by atomic mass is 19.1. The average molecular weight is 335 g/mol. The monoisotopic (exact) mass is 335 g/mol. The topological polar surface area (TPSA) is 85.1 Å². The lowest BCUT2D eigenvalue weighted by atomic mass is 10.0. The Bertz CT molecular complexity index is 1010.